The highest BCUT2D eigenvalue weighted by Crippen LogP contribution is 2.18. The van der Waals surface area contributed by atoms with Gasteiger partial charge in [0, 0.05) is 11.6 Å². The minimum absolute atomic E-state index is 0.0459. The Morgan fingerprint density at radius 2 is 2.17 bits per heavy atom. The summed E-state index contributed by atoms with van der Waals surface area (Å²) in [6, 6.07) is 2.28. The second kappa shape index (κ2) is 3.44. The van der Waals surface area contributed by atoms with Crippen LogP contribution < -0.4 is 5.56 Å². The number of hydrogen-bond acceptors (Lipinski definition) is 2. The summed E-state index contributed by atoms with van der Waals surface area (Å²) < 4.78 is 24.2. The molecule has 0 radical (unpaired) electrons. The fourth-order valence-corrected chi connectivity index (χ4v) is 0.853. The van der Waals surface area contributed by atoms with E-state index in [4.69, 9.17) is 5.11 Å². The van der Waals surface area contributed by atoms with Crippen molar-refractivity contribution in [3.63, 3.8) is 0 Å². The Morgan fingerprint density at radius 3 is 2.67 bits per heavy atom. The molecule has 0 aromatic carbocycles. The van der Waals surface area contributed by atoms with Crippen molar-refractivity contribution < 1.29 is 13.9 Å². The summed E-state index contributed by atoms with van der Waals surface area (Å²) in [5.74, 6) is 0. The van der Waals surface area contributed by atoms with Crippen LogP contribution in [0.5, 0.6) is 0 Å². The third-order valence-corrected chi connectivity index (χ3v) is 1.43. The van der Waals surface area contributed by atoms with E-state index >= 15 is 0 Å². The van der Waals surface area contributed by atoms with Crippen LogP contribution in [0.3, 0.4) is 0 Å². The molecule has 0 saturated heterocycles. The maximum Gasteiger partial charge on any atom is 0.278 e. The van der Waals surface area contributed by atoms with E-state index in [1.165, 1.54) is 6.07 Å². The molecule has 0 unspecified atom stereocenters. The topological polar surface area (TPSA) is 53.1 Å². The monoisotopic (exact) mass is 175 g/mol. The third-order valence-electron chi connectivity index (χ3n) is 1.43. The lowest BCUT2D eigenvalue weighted by Crippen LogP contribution is -2.10. The maximum atomic E-state index is 12.1. The van der Waals surface area contributed by atoms with Gasteiger partial charge in [0.15, 0.2) is 0 Å². The summed E-state index contributed by atoms with van der Waals surface area (Å²) in [5, 5.41) is 8.60. The fraction of sp³-hybridized carbons (Fsp3) is 0.286. The lowest BCUT2D eigenvalue weighted by molar-refractivity contribution is 0.141. The molecule has 2 N–H and O–H groups in total. The number of aromatic nitrogens is 1. The molecule has 0 spiro atoms. The van der Waals surface area contributed by atoms with E-state index in [1.807, 2.05) is 4.98 Å². The van der Waals surface area contributed by atoms with Gasteiger partial charge in [0.05, 0.1) is 12.3 Å². The van der Waals surface area contributed by atoms with Crippen LogP contribution in [0.15, 0.2) is 16.9 Å². The number of aliphatic hydroxyl groups is 1. The highest BCUT2D eigenvalue weighted by atomic mass is 19.3. The molecule has 66 valence electrons. The minimum atomic E-state index is -2.76. The number of H-pyrrole nitrogens is 1. The lowest BCUT2D eigenvalue weighted by atomic mass is 10.2. The summed E-state index contributed by atoms with van der Waals surface area (Å²) >= 11 is 0. The highest BCUT2D eigenvalue weighted by Gasteiger charge is 2.12. The maximum absolute atomic E-state index is 12.1. The Bertz CT molecular complexity index is 321. The quantitative estimate of drug-likeness (QED) is 0.698. The van der Waals surface area contributed by atoms with Gasteiger partial charge in [-0.3, -0.25) is 4.79 Å². The Kier molecular flexibility index (Phi) is 2.54. The van der Waals surface area contributed by atoms with Gasteiger partial charge in [-0.15, -0.1) is 0 Å². The third kappa shape index (κ3) is 1.68. The molecule has 0 atom stereocenters. The summed E-state index contributed by atoms with van der Waals surface area (Å²) in [7, 11) is 0. The normalized spacial score (nSPS) is 10.7. The van der Waals surface area contributed by atoms with Crippen LogP contribution in [0.25, 0.3) is 0 Å². The van der Waals surface area contributed by atoms with Gasteiger partial charge < -0.3 is 10.1 Å². The van der Waals surface area contributed by atoms with Crippen LogP contribution in [0.1, 0.15) is 17.7 Å². The Hall–Kier alpha value is -1.23. The molecule has 0 amide bonds. The molecular formula is C7H7F2NO2. The van der Waals surface area contributed by atoms with Crippen molar-refractivity contribution >= 4 is 0 Å². The van der Waals surface area contributed by atoms with Crippen LogP contribution in [-0.2, 0) is 6.61 Å². The van der Waals surface area contributed by atoms with E-state index in [0.29, 0.717) is 0 Å². The standard InChI is InChI=1S/C7H7F2NO2/c8-7(9)6-4(3-11)1-2-5(12)10-6/h1-2,7,11H,3H2,(H,10,12). The van der Waals surface area contributed by atoms with Crippen molar-refractivity contribution in [3.05, 3.63) is 33.7 Å². The van der Waals surface area contributed by atoms with Crippen molar-refractivity contribution in [2.75, 3.05) is 0 Å². The van der Waals surface area contributed by atoms with Gasteiger partial charge in [0.1, 0.15) is 0 Å². The molecule has 5 heteroatoms. The first-order valence-electron chi connectivity index (χ1n) is 3.26. The van der Waals surface area contributed by atoms with Crippen molar-refractivity contribution in [2.45, 2.75) is 13.0 Å². The Morgan fingerprint density at radius 1 is 1.50 bits per heavy atom. The van der Waals surface area contributed by atoms with Crippen LogP contribution >= 0.6 is 0 Å². The first-order chi connectivity index (χ1) is 5.65. The summed E-state index contributed by atoms with van der Waals surface area (Å²) in [6.45, 7) is -0.504. The smallest absolute Gasteiger partial charge is 0.278 e. The zero-order chi connectivity index (χ0) is 9.14. The number of nitrogens with one attached hydrogen (secondary N) is 1. The molecule has 3 nitrogen and oxygen atoms in total. The van der Waals surface area contributed by atoms with Gasteiger partial charge in [-0.2, -0.15) is 0 Å². The van der Waals surface area contributed by atoms with Gasteiger partial charge in [-0.05, 0) is 6.07 Å². The zero-order valence-electron chi connectivity index (χ0n) is 6.05. The molecule has 1 aromatic heterocycles. The van der Waals surface area contributed by atoms with Crippen LogP contribution in [0.4, 0.5) is 8.78 Å². The minimum Gasteiger partial charge on any atom is -0.392 e. The lowest BCUT2D eigenvalue weighted by Gasteiger charge is -2.03. The van der Waals surface area contributed by atoms with E-state index in [9.17, 15) is 13.6 Å². The average molecular weight is 175 g/mol. The molecule has 0 aliphatic heterocycles. The summed E-state index contributed by atoms with van der Waals surface area (Å²) in [4.78, 5) is 12.6. The molecule has 0 saturated carbocycles. The number of halogens is 2. The number of aromatic amines is 1. The molecule has 1 rings (SSSR count). The molecule has 12 heavy (non-hydrogen) atoms. The Labute approximate surface area is 66.7 Å². The summed E-state index contributed by atoms with van der Waals surface area (Å²) in [6.07, 6.45) is -2.76. The van der Waals surface area contributed by atoms with Crippen molar-refractivity contribution in [1.29, 1.82) is 0 Å². The van der Waals surface area contributed by atoms with Gasteiger partial charge in [-0.1, -0.05) is 0 Å². The number of pyridine rings is 1. The molecule has 0 aliphatic rings. The van der Waals surface area contributed by atoms with Crippen LogP contribution in [0.2, 0.25) is 0 Å². The molecule has 1 aromatic rings. The molecule has 0 aliphatic carbocycles. The van der Waals surface area contributed by atoms with E-state index in [1.54, 1.807) is 0 Å². The molecular weight excluding hydrogens is 168 g/mol. The average Bonchev–Trinajstić information content (AvgIpc) is 2.04. The van der Waals surface area contributed by atoms with Crippen molar-refractivity contribution in [2.24, 2.45) is 0 Å². The fourth-order valence-electron chi connectivity index (χ4n) is 0.853. The van der Waals surface area contributed by atoms with Gasteiger partial charge in [-0.25, -0.2) is 8.78 Å². The number of rotatable bonds is 2. The predicted octanol–water partition coefficient (Wildman–Crippen LogP) is 0.805. The highest BCUT2D eigenvalue weighted by molar-refractivity contribution is 5.19. The first-order valence-corrected chi connectivity index (χ1v) is 3.26. The SMILES string of the molecule is O=c1ccc(CO)c(C(F)F)[nH]1. The van der Waals surface area contributed by atoms with Crippen molar-refractivity contribution in [1.82, 2.24) is 4.98 Å². The van der Waals surface area contributed by atoms with Gasteiger partial charge in [0.25, 0.3) is 6.43 Å². The van der Waals surface area contributed by atoms with Gasteiger partial charge >= 0.3 is 0 Å². The van der Waals surface area contributed by atoms with E-state index in [0.717, 1.165) is 6.07 Å². The van der Waals surface area contributed by atoms with Crippen LogP contribution in [-0.4, -0.2) is 10.1 Å². The predicted molar refractivity (Wildman–Crippen MR) is 37.9 cm³/mol. The second-order valence-electron chi connectivity index (χ2n) is 2.22. The molecule has 1 heterocycles. The number of alkyl halides is 2. The molecule has 0 fully saturated rings. The second-order valence-corrected chi connectivity index (χ2v) is 2.22. The zero-order valence-corrected chi connectivity index (χ0v) is 6.05. The van der Waals surface area contributed by atoms with E-state index < -0.39 is 24.3 Å². The van der Waals surface area contributed by atoms with Crippen LogP contribution in [0, 0.1) is 0 Å². The van der Waals surface area contributed by atoms with Gasteiger partial charge in [0.2, 0.25) is 5.56 Å². The number of hydrogen-bond donors (Lipinski definition) is 2. The first kappa shape index (κ1) is 8.86. The molecule has 0 bridgehead atoms. The van der Waals surface area contributed by atoms with E-state index in [2.05, 4.69) is 0 Å². The largest absolute Gasteiger partial charge is 0.392 e. The van der Waals surface area contributed by atoms with E-state index in [-0.39, 0.29) is 5.56 Å². The van der Waals surface area contributed by atoms with Crippen molar-refractivity contribution in [3.8, 4) is 0 Å². The Balaban J connectivity index is 3.21. The summed E-state index contributed by atoms with van der Waals surface area (Å²) in [5.41, 5.74) is -1.06. The number of aliphatic hydroxyl groups excluding tert-OH is 1.